The number of hydrogen-bond donors (Lipinski definition) is 1. The third-order valence-electron chi connectivity index (χ3n) is 3.18. The highest BCUT2D eigenvalue weighted by molar-refractivity contribution is 7.98. The van der Waals surface area contributed by atoms with Crippen molar-refractivity contribution in [3.8, 4) is 0 Å². The molecule has 0 radical (unpaired) electrons. The lowest BCUT2D eigenvalue weighted by Gasteiger charge is -2.12. The smallest absolute Gasteiger partial charge is 0.0595 e. The maximum atomic E-state index is 6.03. The first-order valence-corrected chi connectivity index (χ1v) is 8.18. The van der Waals surface area contributed by atoms with Gasteiger partial charge in [0, 0.05) is 16.7 Å². The Kier molecular flexibility index (Phi) is 5.79. The van der Waals surface area contributed by atoms with Crippen LogP contribution in [0.2, 0.25) is 10.0 Å². The van der Waals surface area contributed by atoms with E-state index in [1.807, 2.05) is 25.2 Å². The van der Waals surface area contributed by atoms with Gasteiger partial charge in [-0.05, 0) is 49.4 Å². The van der Waals surface area contributed by atoms with Crippen molar-refractivity contribution in [2.75, 3.05) is 7.05 Å². The average Bonchev–Trinajstić information content (AvgIpc) is 2.48. The lowest BCUT2D eigenvalue weighted by molar-refractivity contribution is 0.651. The topological polar surface area (TPSA) is 12.0 Å². The van der Waals surface area contributed by atoms with Crippen molar-refractivity contribution in [1.29, 1.82) is 0 Å². The largest absolute Gasteiger partial charge is 0.313 e. The lowest BCUT2D eigenvalue weighted by atomic mass is 10.1. The van der Waals surface area contributed by atoms with Gasteiger partial charge in [0.25, 0.3) is 0 Å². The molecule has 1 N–H and O–H groups in total. The normalized spacial score (nSPS) is 12.4. The van der Waals surface area contributed by atoms with Crippen molar-refractivity contribution < 1.29 is 0 Å². The molecule has 0 heterocycles. The first-order chi connectivity index (χ1) is 9.60. The van der Waals surface area contributed by atoms with Gasteiger partial charge in [0.05, 0.1) is 10.0 Å². The summed E-state index contributed by atoms with van der Waals surface area (Å²) < 4.78 is 0. The Morgan fingerprint density at radius 1 is 1.10 bits per heavy atom. The highest BCUT2D eigenvalue weighted by Crippen LogP contribution is 2.28. The molecular formula is C16H17Cl2NS. The molecule has 0 aliphatic carbocycles. The quantitative estimate of drug-likeness (QED) is 0.721. The maximum absolute atomic E-state index is 6.03. The second-order valence-electron chi connectivity index (χ2n) is 4.62. The molecule has 0 aliphatic rings. The summed E-state index contributed by atoms with van der Waals surface area (Å²) in [5.41, 5.74) is 2.48. The van der Waals surface area contributed by atoms with Crippen molar-refractivity contribution in [3.63, 3.8) is 0 Å². The molecule has 2 aromatic carbocycles. The van der Waals surface area contributed by atoms with Crippen molar-refractivity contribution >= 4 is 35.0 Å². The van der Waals surface area contributed by atoms with E-state index < -0.39 is 0 Å². The van der Waals surface area contributed by atoms with Crippen LogP contribution in [-0.4, -0.2) is 7.05 Å². The molecule has 0 saturated heterocycles. The fourth-order valence-electron chi connectivity index (χ4n) is 1.84. The molecule has 1 unspecified atom stereocenters. The number of hydrogen-bond acceptors (Lipinski definition) is 2. The van der Waals surface area contributed by atoms with Gasteiger partial charge in [-0.2, -0.15) is 0 Å². The summed E-state index contributed by atoms with van der Waals surface area (Å²) in [4.78, 5) is 1.26. The van der Waals surface area contributed by atoms with Crippen LogP contribution >= 0.6 is 35.0 Å². The second kappa shape index (κ2) is 7.37. The van der Waals surface area contributed by atoms with E-state index in [9.17, 15) is 0 Å². The zero-order chi connectivity index (χ0) is 14.5. The Labute approximate surface area is 134 Å². The van der Waals surface area contributed by atoms with E-state index in [0.717, 1.165) is 5.75 Å². The van der Waals surface area contributed by atoms with Crippen molar-refractivity contribution in [2.45, 2.75) is 23.6 Å². The van der Waals surface area contributed by atoms with E-state index in [1.165, 1.54) is 16.0 Å². The van der Waals surface area contributed by atoms with E-state index in [2.05, 4.69) is 36.5 Å². The van der Waals surface area contributed by atoms with Gasteiger partial charge in [-0.25, -0.2) is 0 Å². The zero-order valence-corrected chi connectivity index (χ0v) is 13.8. The summed E-state index contributed by atoms with van der Waals surface area (Å²) in [6.07, 6.45) is 0. The van der Waals surface area contributed by atoms with E-state index >= 15 is 0 Å². The number of nitrogens with one attached hydrogen (secondary N) is 1. The Balaban J connectivity index is 2.05. The third kappa shape index (κ3) is 4.16. The molecule has 0 fully saturated rings. The van der Waals surface area contributed by atoms with Gasteiger partial charge in [0.15, 0.2) is 0 Å². The van der Waals surface area contributed by atoms with Crippen LogP contribution in [-0.2, 0) is 5.75 Å². The zero-order valence-electron chi connectivity index (χ0n) is 11.5. The molecule has 0 aromatic heterocycles. The summed E-state index contributed by atoms with van der Waals surface area (Å²) in [5.74, 6) is 0.883. The van der Waals surface area contributed by atoms with Gasteiger partial charge in [-0.1, -0.05) is 41.4 Å². The Morgan fingerprint density at radius 3 is 2.60 bits per heavy atom. The summed E-state index contributed by atoms with van der Waals surface area (Å²) in [5, 5.41) is 4.47. The monoisotopic (exact) mass is 325 g/mol. The minimum atomic E-state index is 0.362. The fourth-order valence-corrected chi connectivity index (χ4v) is 3.06. The molecule has 0 spiro atoms. The Hall–Kier alpha value is -0.670. The number of thioether (sulfide) groups is 1. The maximum Gasteiger partial charge on any atom is 0.0595 e. The van der Waals surface area contributed by atoms with Gasteiger partial charge in [0.1, 0.15) is 0 Å². The number of halogens is 2. The number of rotatable bonds is 5. The van der Waals surface area contributed by atoms with Crippen LogP contribution in [0.1, 0.15) is 24.1 Å². The summed E-state index contributed by atoms with van der Waals surface area (Å²) in [7, 11) is 1.97. The molecule has 1 atom stereocenters. The van der Waals surface area contributed by atoms with E-state index in [0.29, 0.717) is 16.1 Å². The van der Waals surface area contributed by atoms with Gasteiger partial charge >= 0.3 is 0 Å². The van der Waals surface area contributed by atoms with Crippen LogP contribution in [0.15, 0.2) is 47.4 Å². The van der Waals surface area contributed by atoms with Crippen molar-refractivity contribution in [1.82, 2.24) is 5.32 Å². The SMILES string of the molecule is CNC(C)c1cccc(SCc2ccc(Cl)c(Cl)c2)c1. The van der Waals surface area contributed by atoms with Crippen LogP contribution in [0, 0.1) is 0 Å². The number of benzene rings is 2. The van der Waals surface area contributed by atoms with Crippen LogP contribution in [0.4, 0.5) is 0 Å². The minimum absolute atomic E-state index is 0.362. The fraction of sp³-hybridized carbons (Fsp3) is 0.250. The molecule has 0 amide bonds. The average molecular weight is 326 g/mol. The standard InChI is InChI=1S/C16H17Cl2NS/c1-11(19-2)13-4-3-5-14(9-13)20-10-12-6-7-15(17)16(18)8-12/h3-9,11,19H,10H2,1-2H3. The van der Waals surface area contributed by atoms with E-state index in [1.54, 1.807) is 11.8 Å². The van der Waals surface area contributed by atoms with Crippen molar-refractivity contribution in [2.24, 2.45) is 0 Å². The Morgan fingerprint density at radius 2 is 1.90 bits per heavy atom. The first kappa shape index (κ1) is 15.7. The summed E-state index contributed by atoms with van der Waals surface area (Å²) >= 11 is 13.8. The molecule has 20 heavy (non-hydrogen) atoms. The van der Waals surface area contributed by atoms with Crippen molar-refractivity contribution in [3.05, 3.63) is 63.6 Å². The lowest BCUT2D eigenvalue weighted by Crippen LogP contribution is -2.11. The minimum Gasteiger partial charge on any atom is -0.313 e. The third-order valence-corrected chi connectivity index (χ3v) is 4.98. The molecule has 2 aromatic rings. The van der Waals surface area contributed by atoms with E-state index in [4.69, 9.17) is 23.2 Å². The van der Waals surface area contributed by atoms with Gasteiger partial charge in [0.2, 0.25) is 0 Å². The highest BCUT2D eigenvalue weighted by atomic mass is 35.5. The van der Waals surface area contributed by atoms with Crippen LogP contribution in [0.5, 0.6) is 0 Å². The molecule has 0 saturated carbocycles. The van der Waals surface area contributed by atoms with E-state index in [-0.39, 0.29) is 0 Å². The van der Waals surface area contributed by atoms with Gasteiger partial charge < -0.3 is 5.32 Å². The Bertz CT molecular complexity index is 586. The van der Waals surface area contributed by atoms with Crippen LogP contribution < -0.4 is 5.32 Å². The molecule has 0 bridgehead atoms. The molecule has 2 rings (SSSR count). The molecule has 106 valence electrons. The second-order valence-corrected chi connectivity index (χ2v) is 6.48. The summed E-state index contributed by atoms with van der Waals surface area (Å²) in [6.45, 7) is 2.16. The molecule has 4 heteroatoms. The predicted octanol–water partition coefficient (Wildman–Crippen LogP) is 5.57. The first-order valence-electron chi connectivity index (χ1n) is 6.44. The van der Waals surface area contributed by atoms with Gasteiger partial charge in [-0.15, -0.1) is 11.8 Å². The van der Waals surface area contributed by atoms with Gasteiger partial charge in [-0.3, -0.25) is 0 Å². The molecule has 0 aliphatic heterocycles. The van der Waals surface area contributed by atoms with Crippen LogP contribution in [0.25, 0.3) is 0 Å². The summed E-state index contributed by atoms with van der Waals surface area (Å²) in [6, 6.07) is 14.8. The molecular weight excluding hydrogens is 309 g/mol. The molecule has 1 nitrogen and oxygen atoms in total. The van der Waals surface area contributed by atoms with Crippen LogP contribution in [0.3, 0.4) is 0 Å². The predicted molar refractivity (Wildman–Crippen MR) is 89.9 cm³/mol. The highest BCUT2D eigenvalue weighted by Gasteiger charge is 2.04.